The van der Waals surface area contributed by atoms with Crippen molar-refractivity contribution in [3.8, 4) is 5.75 Å². The molecule has 0 unspecified atom stereocenters. The van der Waals surface area contributed by atoms with Crippen molar-refractivity contribution >= 4 is 15.9 Å². The van der Waals surface area contributed by atoms with Gasteiger partial charge in [0.2, 0.25) is 15.9 Å². The topological polar surface area (TPSA) is 84.5 Å². The highest BCUT2D eigenvalue weighted by Crippen LogP contribution is 2.24. The number of methoxy groups -OCH3 is 1. The normalized spacial score (nSPS) is 11.2. The predicted molar refractivity (Wildman–Crippen MR) is 91.2 cm³/mol. The first-order chi connectivity index (χ1) is 11.8. The Hall–Kier alpha value is -2.45. The Kier molecular flexibility index (Phi) is 6.11. The summed E-state index contributed by atoms with van der Waals surface area (Å²) >= 11 is 0. The van der Waals surface area contributed by atoms with Crippen molar-refractivity contribution < 1.29 is 22.3 Å². The van der Waals surface area contributed by atoms with Crippen LogP contribution < -0.4 is 14.8 Å². The molecule has 0 saturated heterocycles. The van der Waals surface area contributed by atoms with E-state index in [0.29, 0.717) is 5.56 Å². The Morgan fingerprint density at radius 1 is 1.16 bits per heavy atom. The summed E-state index contributed by atoms with van der Waals surface area (Å²) in [4.78, 5) is 11.8. The predicted octanol–water partition coefficient (Wildman–Crippen LogP) is 1.74. The third-order valence-corrected chi connectivity index (χ3v) is 4.86. The highest BCUT2D eigenvalue weighted by Gasteiger charge is 2.20. The summed E-state index contributed by atoms with van der Waals surface area (Å²) in [6.07, 6.45) is 0. The van der Waals surface area contributed by atoms with Crippen LogP contribution in [0.4, 0.5) is 4.39 Å². The lowest BCUT2D eigenvalue weighted by atomic mass is 10.2. The molecule has 2 aromatic rings. The average Bonchev–Trinajstić information content (AvgIpc) is 2.59. The lowest BCUT2D eigenvalue weighted by Crippen LogP contribution is -2.36. The van der Waals surface area contributed by atoms with Gasteiger partial charge >= 0.3 is 0 Å². The summed E-state index contributed by atoms with van der Waals surface area (Å²) in [6, 6.07) is 10.4. The minimum absolute atomic E-state index is 0.0265. The molecule has 0 atom stereocenters. The molecule has 134 valence electrons. The number of hydrogen-bond acceptors (Lipinski definition) is 4. The van der Waals surface area contributed by atoms with Crippen molar-refractivity contribution in [2.75, 3.05) is 13.7 Å². The molecule has 0 aromatic heterocycles. The van der Waals surface area contributed by atoms with Gasteiger partial charge in [-0.3, -0.25) is 4.79 Å². The van der Waals surface area contributed by atoms with Gasteiger partial charge in [-0.2, -0.15) is 0 Å². The zero-order valence-corrected chi connectivity index (χ0v) is 14.7. The van der Waals surface area contributed by atoms with Crippen LogP contribution in [0.3, 0.4) is 0 Å². The summed E-state index contributed by atoms with van der Waals surface area (Å²) in [5, 5.41) is 2.56. The number of nitrogens with one attached hydrogen (secondary N) is 2. The molecule has 0 radical (unpaired) electrons. The van der Waals surface area contributed by atoms with Crippen molar-refractivity contribution in [2.24, 2.45) is 0 Å². The number of halogens is 1. The van der Waals surface area contributed by atoms with Crippen LogP contribution in [0.2, 0.25) is 0 Å². The minimum Gasteiger partial charge on any atom is -0.495 e. The molecule has 0 heterocycles. The van der Waals surface area contributed by atoms with Gasteiger partial charge in [-0.1, -0.05) is 18.2 Å². The summed E-state index contributed by atoms with van der Waals surface area (Å²) < 4.78 is 44.9. The molecule has 0 saturated carbocycles. The van der Waals surface area contributed by atoms with E-state index in [1.54, 1.807) is 19.1 Å². The molecule has 0 aliphatic heterocycles. The third-order valence-electron chi connectivity index (χ3n) is 3.43. The first kappa shape index (κ1) is 18.9. The fourth-order valence-electron chi connectivity index (χ4n) is 2.10. The number of amides is 1. The van der Waals surface area contributed by atoms with Crippen molar-refractivity contribution in [1.82, 2.24) is 10.0 Å². The second-order valence-corrected chi connectivity index (χ2v) is 7.12. The highest BCUT2D eigenvalue weighted by atomic mass is 32.2. The van der Waals surface area contributed by atoms with E-state index in [-0.39, 0.29) is 23.0 Å². The van der Waals surface area contributed by atoms with Gasteiger partial charge in [0.05, 0.1) is 13.7 Å². The molecule has 8 heteroatoms. The van der Waals surface area contributed by atoms with Gasteiger partial charge in [0.25, 0.3) is 0 Å². The summed E-state index contributed by atoms with van der Waals surface area (Å²) in [5.74, 6) is -0.667. The number of sulfonamides is 1. The van der Waals surface area contributed by atoms with Crippen molar-refractivity contribution in [2.45, 2.75) is 18.4 Å². The minimum atomic E-state index is -3.89. The standard InChI is InChI=1S/C17H19FN2O4S/c1-12-3-8-15(24-2)16(9-12)25(22,23)20-11-17(21)19-10-13-4-6-14(18)7-5-13/h3-9,20H,10-11H2,1-2H3,(H,19,21). The van der Waals surface area contributed by atoms with Crippen LogP contribution in [0.15, 0.2) is 47.4 Å². The lowest BCUT2D eigenvalue weighted by molar-refractivity contribution is -0.120. The SMILES string of the molecule is COc1ccc(C)cc1S(=O)(=O)NCC(=O)NCc1ccc(F)cc1. The number of benzene rings is 2. The molecule has 0 fully saturated rings. The quantitative estimate of drug-likeness (QED) is 0.782. The van der Waals surface area contributed by atoms with Crippen LogP contribution in [-0.2, 0) is 21.4 Å². The zero-order valence-electron chi connectivity index (χ0n) is 13.9. The van der Waals surface area contributed by atoms with E-state index in [4.69, 9.17) is 4.74 Å². The number of aryl methyl sites for hydroxylation is 1. The molecule has 2 rings (SSSR count). The molecular formula is C17H19FN2O4S. The van der Waals surface area contributed by atoms with Crippen molar-refractivity contribution in [3.63, 3.8) is 0 Å². The van der Waals surface area contributed by atoms with E-state index in [1.807, 2.05) is 0 Å². The maximum Gasteiger partial charge on any atom is 0.244 e. The van der Waals surface area contributed by atoms with Crippen LogP contribution in [0, 0.1) is 12.7 Å². The highest BCUT2D eigenvalue weighted by molar-refractivity contribution is 7.89. The van der Waals surface area contributed by atoms with Gasteiger partial charge in [-0.25, -0.2) is 17.5 Å². The molecule has 1 amide bonds. The fraction of sp³-hybridized carbons (Fsp3) is 0.235. The number of carbonyl (C=O) groups is 1. The maximum absolute atomic E-state index is 12.8. The van der Waals surface area contributed by atoms with E-state index >= 15 is 0 Å². The molecule has 0 spiro atoms. The Morgan fingerprint density at radius 2 is 1.84 bits per heavy atom. The lowest BCUT2D eigenvalue weighted by Gasteiger charge is -2.11. The first-order valence-corrected chi connectivity index (χ1v) is 8.95. The van der Waals surface area contributed by atoms with Crippen molar-refractivity contribution in [1.29, 1.82) is 0 Å². The summed E-state index contributed by atoms with van der Waals surface area (Å²) in [7, 11) is -2.52. The van der Waals surface area contributed by atoms with Crippen LogP contribution in [0.5, 0.6) is 5.75 Å². The van der Waals surface area contributed by atoms with E-state index in [2.05, 4.69) is 10.0 Å². The van der Waals surface area contributed by atoms with Gasteiger partial charge in [-0.15, -0.1) is 0 Å². The van der Waals surface area contributed by atoms with E-state index in [9.17, 15) is 17.6 Å². The molecule has 6 nitrogen and oxygen atoms in total. The molecule has 0 aliphatic rings. The van der Waals surface area contributed by atoms with Gasteiger partial charge in [0, 0.05) is 6.54 Å². The van der Waals surface area contributed by atoms with E-state index in [1.165, 1.54) is 37.4 Å². The van der Waals surface area contributed by atoms with Gasteiger partial charge in [0.15, 0.2) is 0 Å². The zero-order chi connectivity index (χ0) is 18.4. The van der Waals surface area contributed by atoms with E-state index in [0.717, 1.165) is 5.56 Å². The Balaban J connectivity index is 1.96. The Morgan fingerprint density at radius 3 is 2.48 bits per heavy atom. The third kappa shape index (κ3) is 5.27. The maximum atomic E-state index is 12.8. The second-order valence-electron chi connectivity index (χ2n) is 5.38. The second kappa shape index (κ2) is 8.09. The van der Waals surface area contributed by atoms with E-state index < -0.39 is 22.5 Å². The number of hydrogen-bond donors (Lipinski definition) is 2. The molecule has 2 N–H and O–H groups in total. The van der Waals surface area contributed by atoms with Crippen molar-refractivity contribution in [3.05, 3.63) is 59.4 Å². The van der Waals surface area contributed by atoms with Gasteiger partial charge < -0.3 is 10.1 Å². The fourth-order valence-corrected chi connectivity index (χ4v) is 3.33. The van der Waals surface area contributed by atoms with Gasteiger partial charge in [0.1, 0.15) is 16.5 Å². The van der Waals surface area contributed by atoms with Crippen LogP contribution in [0.25, 0.3) is 0 Å². The van der Waals surface area contributed by atoms with Crippen LogP contribution >= 0.6 is 0 Å². The smallest absolute Gasteiger partial charge is 0.244 e. The Bertz CT molecular complexity index is 851. The number of carbonyl (C=O) groups excluding carboxylic acids is 1. The largest absolute Gasteiger partial charge is 0.495 e. The van der Waals surface area contributed by atoms with Crippen LogP contribution in [-0.4, -0.2) is 28.0 Å². The monoisotopic (exact) mass is 366 g/mol. The average molecular weight is 366 g/mol. The van der Waals surface area contributed by atoms with Crippen LogP contribution in [0.1, 0.15) is 11.1 Å². The van der Waals surface area contributed by atoms with Gasteiger partial charge in [-0.05, 0) is 42.3 Å². The molecule has 25 heavy (non-hydrogen) atoms. The molecule has 2 aromatic carbocycles. The molecular weight excluding hydrogens is 347 g/mol. The number of rotatable bonds is 7. The molecule has 0 aliphatic carbocycles. The Labute approximate surface area is 146 Å². The first-order valence-electron chi connectivity index (χ1n) is 7.47. The number of ether oxygens (including phenoxy) is 1. The summed E-state index contributed by atoms with van der Waals surface area (Å²) in [6.45, 7) is 1.52. The molecule has 0 bridgehead atoms. The summed E-state index contributed by atoms with van der Waals surface area (Å²) in [5.41, 5.74) is 1.46.